The lowest BCUT2D eigenvalue weighted by Gasteiger charge is -2.18. The Labute approximate surface area is 168 Å². The van der Waals surface area contributed by atoms with Crippen molar-refractivity contribution in [2.75, 3.05) is 0 Å². The Morgan fingerprint density at radius 2 is 1.45 bits per heavy atom. The highest BCUT2D eigenvalue weighted by Gasteiger charge is 2.23. The van der Waals surface area contributed by atoms with E-state index in [1.165, 1.54) is 0 Å². The summed E-state index contributed by atoms with van der Waals surface area (Å²) in [6, 6.07) is 21.9. The van der Waals surface area contributed by atoms with Gasteiger partial charge in [0, 0.05) is 17.2 Å². The summed E-state index contributed by atoms with van der Waals surface area (Å²) in [6.07, 6.45) is 0.342. The van der Waals surface area contributed by atoms with Crippen LogP contribution in [0.4, 0.5) is 0 Å². The Morgan fingerprint density at radius 1 is 0.897 bits per heavy atom. The van der Waals surface area contributed by atoms with Gasteiger partial charge in [0.15, 0.2) is 0 Å². The number of primary amides is 1. The molecule has 4 rings (SSSR count). The van der Waals surface area contributed by atoms with Gasteiger partial charge in [-0.15, -0.1) is 0 Å². The number of fused-ring (bicyclic) bond motifs is 2. The van der Waals surface area contributed by atoms with E-state index in [0.717, 1.165) is 32.9 Å². The van der Waals surface area contributed by atoms with E-state index in [0.29, 0.717) is 12.0 Å². The van der Waals surface area contributed by atoms with Crippen LogP contribution in [0.25, 0.3) is 21.8 Å². The molecule has 0 spiro atoms. The number of nitrogens with zero attached hydrogens (tertiary/aromatic N) is 1. The van der Waals surface area contributed by atoms with Crippen LogP contribution in [0.5, 0.6) is 0 Å². The second-order valence-electron chi connectivity index (χ2n) is 7.08. The molecular formula is C24H21N3O2. The molecule has 5 nitrogen and oxygen atoms in total. The van der Waals surface area contributed by atoms with Crippen LogP contribution in [0.1, 0.15) is 21.5 Å². The van der Waals surface area contributed by atoms with E-state index < -0.39 is 11.9 Å². The predicted octanol–water partition coefficient (Wildman–Crippen LogP) is 3.52. The standard InChI is InChI=1S/C24H21N3O2/c1-15-8-2-3-9-16(15)14-21(23(25)28)27-24(29)22-17-10-4-6-12-19(17)26-20-13-7-5-11-18(20)22/h2-13,21H,14H2,1H3,(H2,25,28)(H,27,29)/t21-/m0/s1. The number of hydrogen-bond donors (Lipinski definition) is 2. The Bertz CT molecular complexity index is 1180. The molecule has 0 bridgehead atoms. The minimum Gasteiger partial charge on any atom is -0.368 e. The molecule has 5 heteroatoms. The van der Waals surface area contributed by atoms with E-state index in [2.05, 4.69) is 10.3 Å². The first-order valence-corrected chi connectivity index (χ1v) is 9.47. The first-order chi connectivity index (χ1) is 14.0. The van der Waals surface area contributed by atoms with Crippen LogP contribution in [-0.4, -0.2) is 22.8 Å². The first-order valence-electron chi connectivity index (χ1n) is 9.47. The van der Waals surface area contributed by atoms with Crippen molar-refractivity contribution in [2.24, 2.45) is 5.73 Å². The molecule has 0 fully saturated rings. The molecule has 1 aromatic heterocycles. The molecule has 0 unspecified atom stereocenters. The smallest absolute Gasteiger partial charge is 0.253 e. The molecule has 1 heterocycles. The largest absolute Gasteiger partial charge is 0.368 e. The lowest BCUT2D eigenvalue weighted by Crippen LogP contribution is -2.46. The van der Waals surface area contributed by atoms with Crippen LogP contribution in [0, 0.1) is 6.92 Å². The monoisotopic (exact) mass is 383 g/mol. The Hall–Kier alpha value is -3.73. The molecular weight excluding hydrogens is 362 g/mol. The zero-order valence-corrected chi connectivity index (χ0v) is 16.1. The van der Waals surface area contributed by atoms with Crippen molar-refractivity contribution < 1.29 is 9.59 Å². The van der Waals surface area contributed by atoms with Gasteiger partial charge in [-0.25, -0.2) is 4.98 Å². The number of nitrogens with two attached hydrogens (primary N) is 1. The fourth-order valence-corrected chi connectivity index (χ4v) is 3.60. The van der Waals surface area contributed by atoms with Gasteiger partial charge in [0.2, 0.25) is 5.91 Å². The molecule has 3 aromatic carbocycles. The first kappa shape index (κ1) is 18.6. The molecule has 0 saturated heterocycles. The Balaban J connectivity index is 1.75. The van der Waals surface area contributed by atoms with Crippen molar-refractivity contribution in [3.05, 3.63) is 89.5 Å². The number of pyridine rings is 1. The van der Waals surface area contributed by atoms with E-state index in [-0.39, 0.29) is 5.91 Å². The number of para-hydroxylation sites is 2. The summed E-state index contributed by atoms with van der Waals surface area (Å²) in [5, 5.41) is 4.33. The van der Waals surface area contributed by atoms with Crippen LogP contribution in [0.2, 0.25) is 0 Å². The number of benzene rings is 3. The molecule has 0 radical (unpaired) electrons. The SMILES string of the molecule is Cc1ccccc1C[C@H](NC(=O)c1c2ccccc2nc2ccccc12)C(N)=O. The maximum atomic E-state index is 13.3. The van der Waals surface area contributed by atoms with Crippen LogP contribution in [0.3, 0.4) is 0 Å². The van der Waals surface area contributed by atoms with E-state index in [4.69, 9.17) is 5.73 Å². The van der Waals surface area contributed by atoms with Gasteiger partial charge in [-0.1, -0.05) is 60.7 Å². The van der Waals surface area contributed by atoms with Crippen molar-refractivity contribution in [1.82, 2.24) is 10.3 Å². The van der Waals surface area contributed by atoms with Gasteiger partial charge in [0.1, 0.15) is 6.04 Å². The normalized spacial score (nSPS) is 12.0. The minimum absolute atomic E-state index is 0.336. The number of carbonyl (C=O) groups excluding carboxylic acids is 2. The summed E-state index contributed by atoms with van der Waals surface area (Å²) in [7, 11) is 0. The Morgan fingerprint density at radius 3 is 2.03 bits per heavy atom. The van der Waals surface area contributed by atoms with Crippen molar-refractivity contribution in [3.63, 3.8) is 0 Å². The molecule has 1 atom stereocenters. The van der Waals surface area contributed by atoms with Crippen LogP contribution < -0.4 is 11.1 Å². The molecule has 0 aliphatic heterocycles. The molecule has 29 heavy (non-hydrogen) atoms. The lowest BCUT2D eigenvalue weighted by molar-refractivity contribution is -0.119. The van der Waals surface area contributed by atoms with E-state index >= 15 is 0 Å². The molecule has 2 amide bonds. The molecule has 3 N–H and O–H groups in total. The summed E-state index contributed by atoms with van der Waals surface area (Å²) in [4.78, 5) is 30.1. The van der Waals surface area contributed by atoms with Crippen LogP contribution in [-0.2, 0) is 11.2 Å². The summed E-state index contributed by atoms with van der Waals surface area (Å²) >= 11 is 0. The van der Waals surface area contributed by atoms with Gasteiger partial charge in [-0.2, -0.15) is 0 Å². The third-order valence-electron chi connectivity index (χ3n) is 5.15. The van der Waals surface area contributed by atoms with Crippen LogP contribution >= 0.6 is 0 Å². The fraction of sp³-hybridized carbons (Fsp3) is 0.125. The summed E-state index contributed by atoms with van der Waals surface area (Å²) in [5.74, 6) is -0.901. The zero-order valence-electron chi connectivity index (χ0n) is 16.1. The molecule has 0 saturated carbocycles. The maximum Gasteiger partial charge on any atom is 0.253 e. The van der Waals surface area contributed by atoms with Crippen molar-refractivity contribution in [3.8, 4) is 0 Å². The minimum atomic E-state index is -0.811. The second-order valence-corrected chi connectivity index (χ2v) is 7.08. The molecule has 0 aliphatic rings. The molecule has 0 aliphatic carbocycles. The quantitative estimate of drug-likeness (QED) is 0.517. The number of rotatable bonds is 5. The number of amides is 2. The summed E-state index contributed by atoms with van der Waals surface area (Å²) < 4.78 is 0. The van der Waals surface area contributed by atoms with Gasteiger partial charge >= 0.3 is 0 Å². The number of hydrogen-bond acceptors (Lipinski definition) is 3. The van der Waals surface area contributed by atoms with Gasteiger partial charge in [-0.05, 0) is 30.2 Å². The average molecular weight is 383 g/mol. The van der Waals surface area contributed by atoms with Gasteiger partial charge in [0.05, 0.1) is 16.6 Å². The fourth-order valence-electron chi connectivity index (χ4n) is 3.60. The summed E-state index contributed by atoms with van der Waals surface area (Å²) in [5.41, 5.74) is 9.60. The maximum absolute atomic E-state index is 13.3. The van der Waals surface area contributed by atoms with Crippen molar-refractivity contribution in [2.45, 2.75) is 19.4 Å². The zero-order chi connectivity index (χ0) is 20.4. The molecule has 4 aromatic rings. The number of nitrogens with one attached hydrogen (secondary N) is 1. The summed E-state index contributed by atoms with van der Waals surface area (Å²) in [6.45, 7) is 1.97. The van der Waals surface area contributed by atoms with E-state index in [1.807, 2.05) is 79.7 Å². The third kappa shape index (κ3) is 3.67. The van der Waals surface area contributed by atoms with Gasteiger partial charge < -0.3 is 11.1 Å². The number of carbonyl (C=O) groups is 2. The van der Waals surface area contributed by atoms with Crippen molar-refractivity contribution >= 4 is 33.6 Å². The molecule has 144 valence electrons. The highest BCUT2D eigenvalue weighted by atomic mass is 16.2. The topological polar surface area (TPSA) is 85.1 Å². The van der Waals surface area contributed by atoms with Crippen LogP contribution in [0.15, 0.2) is 72.8 Å². The highest BCUT2D eigenvalue weighted by molar-refractivity contribution is 6.16. The third-order valence-corrected chi connectivity index (χ3v) is 5.15. The second kappa shape index (κ2) is 7.72. The average Bonchev–Trinajstić information content (AvgIpc) is 2.72. The Kier molecular flexibility index (Phi) is 4.96. The number of aromatic nitrogens is 1. The predicted molar refractivity (Wildman–Crippen MR) is 115 cm³/mol. The van der Waals surface area contributed by atoms with Crippen molar-refractivity contribution in [1.29, 1.82) is 0 Å². The number of aryl methyl sites for hydroxylation is 1. The van der Waals surface area contributed by atoms with Gasteiger partial charge in [0.25, 0.3) is 5.91 Å². The van der Waals surface area contributed by atoms with Gasteiger partial charge in [-0.3, -0.25) is 9.59 Å². The lowest BCUT2D eigenvalue weighted by atomic mass is 9.99. The van der Waals surface area contributed by atoms with E-state index in [9.17, 15) is 9.59 Å². The highest BCUT2D eigenvalue weighted by Crippen LogP contribution is 2.26. The van der Waals surface area contributed by atoms with E-state index in [1.54, 1.807) is 0 Å².